The van der Waals surface area contributed by atoms with Crippen LogP contribution in [0.1, 0.15) is 25.7 Å². The smallest absolute Gasteiger partial charge is 0.101 e. The van der Waals surface area contributed by atoms with Crippen LogP contribution in [0.25, 0.3) is 0 Å². The number of piperidine rings is 1. The predicted octanol–water partition coefficient (Wildman–Crippen LogP) is 2.20. The first-order valence-electron chi connectivity index (χ1n) is 4.51. The summed E-state index contributed by atoms with van der Waals surface area (Å²) in [6.07, 6.45) is 5.50. The molecule has 2 fully saturated rings. The van der Waals surface area contributed by atoms with Gasteiger partial charge in [-0.05, 0) is 25.9 Å². The Labute approximate surface area is 69.8 Å². The first kappa shape index (κ1) is 7.97. The number of fused-ring (bicyclic) bond motifs is 1. The molecule has 2 aliphatic heterocycles. The maximum Gasteiger partial charge on any atom is 0.101 e. The summed E-state index contributed by atoms with van der Waals surface area (Å²) in [5.74, 6) is 0. The molecule has 0 spiro atoms. The van der Waals surface area contributed by atoms with Crippen LogP contribution in [-0.2, 0) is 4.52 Å². The van der Waals surface area contributed by atoms with Gasteiger partial charge in [0.05, 0.1) is 6.61 Å². The first-order chi connectivity index (χ1) is 5.38. The van der Waals surface area contributed by atoms with E-state index in [2.05, 4.69) is 11.3 Å². The fourth-order valence-electron chi connectivity index (χ4n) is 2.04. The van der Waals surface area contributed by atoms with Crippen molar-refractivity contribution in [3.63, 3.8) is 0 Å². The summed E-state index contributed by atoms with van der Waals surface area (Å²) in [5, 5.41) is 0. The van der Waals surface area contributed by atoms with Crippen molar-refractivity contribution in [3.05, 3.63) is 0 Å². The van der Waals surface area contributed by atoms with Crippen LogP contribution >= 0.6 is 8.30 Å². The Morgan fingerprint density at radius 2 is 2.27 bits per heavy atom. The Morgan fingerprint density at radius 1 is 1.36 bits per heavy atom. The van der Waals surface area contributed by atoms with Gasteiger partial charge in [-0.15, -0.1) is 0 Å². The highest BCUT2D eigenvalue weighted by molar-refractivity contribution is 7.49. The van der Waals surface area contributed by atoms with Gasteiger partial charge in [0.2, 0.25) is 0 Å². The van der Waals surface area contributed by atoms with Crippen LogP contribution in [0.2, 0.25) is 0 Å². The lowest BCUT2D eigenvalue weighted by Gasteiger charge is -2.42. The molecule has 2 unspecified atom stereocenters. The van der Waals surface area contributed by atoms with E-state index >= 15 is 0 Å². The maximum atomic E-state index is 5.64. The number of hydrogen-bond acceptors (Lipinski definition) is 2. The van der Waals surface area contributed by atoms with E-state index in [4.69, 9.17) is 4.52 Å². The summed E-state index contributed by atoms with van der Waals surface area (Å²) in [6, 6.07) is 0.869. The van der Waals surface area contributed by atoms with Crippen LogP contribution in [0, 0.1) is 0 Å². The minimum Gasteiger partial charge on any atom is -0.344 e. The van der Waals surface area contributed by atoms with E-state index in [0.717, 1.165) is 12.6 Å². The van der Waals surface area contributed by atoms with Crippen LogP contribution in [0.4, 0.5) is 0 Å². The Hall–Kier alpha value is 0.350. The molecule has 0 radical (unpaired) electrons. The van der Waals surface area contributed by atoms with Crippen molar-refractivity contribution < 1.29 is 4.52 Å². The van der Waals surface area contributed by atoms with Crippen LogP contribution < -0.4 is 0 Å². The van der Waals surface area contributed by atoms with Crippen LogP contribution in [0.5, 0.6) is 0 Å². The van der Waals surface area contributed by atoms with Crippen molar-refractivity contribution in [2.45, 2.75) is 31.7 Å². The zero-order chi connectivity index (χ0) is 7.68. The van der Waals surface area contributed by atoms with Crippen molar-refractivity contribution >= 4 is 8.30 Å². The summed E-state index contributed by atoms with van der Waals surface area (Å²) in [6.45, 7) is 4.53. The van der Waals surface area contributed by atoms with Crippen molar-refractivity contribution in [2.24, 2.45) is 0 Å². The van der Waals surface area contributed by atoms with Gasteiger partial charge in [0.25, 0.3) is 0 Å². The highest BCUT2D eigenvalue weighted by Gasteiger charge is 2.30. The Bertz CT molecular complexity index is 140. The minimum atomic E-state index is -0.216. The molecule has 11 heavy (non-hydrogen) atoms. The van der Waals surface area contributed by atoms with Gasteiger partial charge >= 0.3 is 0 Å². The lowest BCUT2D eigenvalue weighted by Crippen LogP contribution is -2.39. The second-order valence-electron chi connectivity index (χ2n) is 3.40. The molecule has 2 atom stereocenters. The highest BCUT2D eigenvalue weighted by atomic mass is 31.2. The zero-order valence-electron chi connectivity index (χ0n) is 7.12. The third-order valence-electron chi connectivity index (χ3n) is 2.69. The van der Waals surface area contributed by atoms with Crippen LogP contribution in [0.3, 0.4) is 0 Å². The molecule has 0 N–H and O–H groups in total. The molecule has 0 aliphatic carbocycles. The number of rotatable bonds is 0. The topological polar surface area (TPSA) is 12.5 Å². The second-order valence-corrected chi connectivity index (χ2v) is 5.10. The summed E-state index contributed by atoms with van der Waals surface area (Å²) >= 11 is 0. The standard InChI is InChI=1S/C8H16NOP/c1-11-9-6-3-2-4-8(9)5-7-10-11/h8H,2-7H2,1H3. The Kier molecular flexibility index (Phi) is 2.45. The molecule has 2 aliphatic rings. The molecule has 0 aromatic rings. The average molecular weight is 173 g/mol. The van der Waals surface area contributed by atoms with E-state index in [1.807, 2.05) is 0 Å². The van der Waals surface area contributed by atoms with E-state index in [9.17, 15) is 0 Å². The van der Waals surface area contributed by atoms with Gasteiger partial charge in [-0.2, -0.15) is 0 Å². The van der Waals surface area contributed by atoms with E-state index in [-0.39, 0.29) is 8.30 Å². The molecule has 2 saturated heterocycles. The molecule has 2 rings (SSSR count). The molecule has 2 nitrogen and oxygen atoms in total. The first-order valence-corrected chi connectivity index (χ1v) is 6.17. The summed E-state index contributed by atoms with van der Waals surface area (Å²) in [5.41, 5.74) is 0. The summed E-state index contributed by atoms with van der Waals surface area (Å²) in [4.78, 5) is 0. The monoisotopic (exact) mass is 173 g/mol. The van der Waals surface area contributed by atoms with Gasteiger partial charge in [0, 0.05) is 12.6 Å². The Morgan fingerprint density at radius 3 is 3.09 bits per heavy atom. The van der Waals surface area contributed by atoms with Crippen molar-refractivity contribution in [1.82, 2.24) is 4.67 Å². The van der Waals surface area contributed by atoms with E-state index < -0.39 is 0 Å². The molecular weight excluding hydrogens is 157 g/mol. The average Bonchev–Trinajstić information content (AvgIpc) is 2.06. The second kappa shape index (κ2) is 3.38. The molecule has 64 valence electrons. The quantitative estimate of drug-likeness (QED) is 0.521. The number of nitrogens with zero attached hydrogens (tertiary/aromatic N) is 1. The third kappa shape index (κ3) is 1.58. The fraction of sp³-hybridized carbons (Fsp3) is 1.00. The minimum absolute atomic E-state index is 0.216. The van der Waals surface area contributed by atoms with Crippen LogP contribution in [-0.4, -0.2) is 30.5 Å². The van der Waals surface area contributed by atoms with Gasteiger partial charge in [-0.25, -0.2) is 0 Å². The normalized spacial score (nSPS) is 40.1. The van der Waals surface area contributed by atoms with Crippen molar-refractivity contribution in [1.29, 1.82) is 0 Å². The molecule has 0 saturated carbocycles. The summed E-state index contributed by atoms with van der Waals surface area (Å²) < 4.78 is 8.22. The Balaban J connectivity index is 1.99. The van der Waals surface area contributed by atoms with Crippen molar-refractivity contribution in [2.75, 3.05) is 19.8 Å². The molecule has 0 aromatic heterocycles. The predicted molar refractivity (Wildman–Crippen MR) is 47.8 cm³/mol. The van der Waals surface area contributed by atoms with Gasteiger partial charge in [0.15, 0.2) is 0 Å². The fourth-order valence-corrected chi connectivity index (χ4v) is 3.68. The lowest BCUT2D eigenvalue weighted by molar-refractivity contribution is 0.156. The zero-order valence-corrected chi connectivity index (χ0v) is 8.02. The third-order valence-corrected chi connectivity index (χ3v) is 4.49. The summed E-state index contributed by atoms with van der Waals surface area (Å²) in [7, 11) is -0.216. The van der Waals surface area contributed by atoms with E-state index in [1.165, 1.54) is 32.2 Å². The molecule has 0 amide bonds. The molecule has 3 heteroatoms. The highest BCUT2D eigenvalue weighted by Crippen LogP contribution is 2.46. The largest absolute Gasteiger partial charge is 0.344 e. The van der Waals surface area contributed by atoms with E-state index in [0.29, 0.717) is 0 Å². The molecular formula is C8H16NOP. The van der Waals surface area contributed by atoms with Gasteiger partial charge in [-0.3, -0.25) is 4.67 Å². The van der Waals surface area contributed by atoms with Gasteiger partial charge in [-0.1, -0.05) is 6.42 Å². The van der Waals surface area contributed by atoms with Gasteiger partial charge < -0.3 is 4.52 Å². The van der Waals surface area contributed by atoms with Crippen molar-refractivity contribution in [3.8, 4) is 0 Å². The molecule has 2 heterocycles. The lowest BCUT2D eigenvalue weighted by atomic mass is 10.0. The van der Waals surface area contributed by atoms with E-state index in [1.54, 1.807) is 0 Å². The SMILES string of the molecule is CP1OCCC2CCCCN21. The number of hydrogen-bond donors (Lipinski definition) is 0. The molecule has 0 aromatic carbocycles. The van der Waals surface area contributed by atoms with Gasteiger partial charge in [0.1, 0.15) is 8.30 Å². The van der Waals surface area contributed by atoms with Crippen LogP contribution in [0.15, 0.2) is 0 Å². The maximum absolute atomic E-state index is 5.64. The molecule has 0 bridgehead atoms.